The second-order valence-corrected chi connectivity index (χ2v) is 5.07. The van der Waals surface area contributed by atoms with Crippen molar-refractivity contribution in [1.82, 2.24) is 4.90 Å². The average molecular weight is 250 g/mol. The quantitative estimate of drug-likeness (QED) is 0.885. The highest BCUT2D eigenvalue weighted by Gasteiger charge is 2.27. The number of likely N-dealkylation sites (tertiary alicyclic amines) is 1. The lowest BCUT2D eigenvalue weighted by molar-refractivity contribution is -0.133. The van der Waals surface area contributed by atoms with Crippen molar-refractivity contribution in [3.05, 3.63) is 35.6 Å². The van der Waals surface area contributed by atoms with E-state index in [2.05, 4.69) is 0 Å². The van der Waals surface area contributed by atoms with Crippen LogP contribution in [0.2, 0.25) is 0 Å². The molecule has 0 spiro atoms. The molecule has 4 heteroatoms. The maximum absolute atomic E-state index is 13.1. The first-order valence-electron chi connectivity index (χ1n) is 6.35. The number of hydrogen-bond donors (Lipinski definition) is 1. The number of carbonyl (C=O) groups excluding carboxylic acids is 1. The molecule has 1 aromatic rings. The number of amides is 1. The number of nitrogens with two attached hydrogens (primary N) is 1. The Balaban J connectivity index is 1.95. The zero-order valence-corrected chi connectivity index (χ0v) is 10.6. The Labute approximate surface area is 107 Å². The van der Waals surface area contributed by atoms with E-state index in [9.17, 15) is 9.18 Å². The van der Waals surface area contributed by atoms with E-state index in [1.807, 2.05) is 17.9 Å². The first-order chi connectivity index (χ1) is 8.56. The normalized spacial score (nSPS) is 21.1. The van der Waals surface area contributed by atoms with Gasteiger partial charge in [-0.15, -0.1) is 0 Å². The van der Waals surface area contributed by atoms with Crippen LogP contribution in [-0.2, 0) is 11.2 Å². The van der Waals surface area contributed by atoms with Gasteiger partial charge in [0.25, 0.3) is 0 Å². The van der Waals surface area contributed by atoms with Crippen LogP contribution in [0.4, 0.5) is 4.39 Å². The molecule has 1 aliphatic heterocycles. The van der Waals surface area contributed by atoms with E-state index in [0.717, 1.165) is 18.5 Å². The lowest BCUT2D eigenvalue weighted by Crippen LogP contribution is -2.36. The number of rotatable bonds is 3. The van der Waals surface area contributed by atoms with Gasteiger partial charge in [0, 0.05) is 25.0 Å². The molecule has 1 fully saturated rings. The number of benzene rings is 1. The molecule has 0 aliphatic carbocycles. The molecule has 2 N–H and O–H groups in total. The Kier molecular flexibility index (Phi) is 3.97. The van der Waals surface area contributed by atoms with Gasteiger partial charge in [-0.3, -0.25) is 4.79 Å². The van der Waals surface area contributed by atoms with Crippen LogP contribution in [0.1, 0.15) is 18.9 Å². The van der Waals surface area contributed by atoms with Gasteiger partial charge in [0.2, 0.25) is 5.91 Å². The Bertz CT molecular complexity index is 436. The fraction of sp³-hybridized carbons (Fsp3) is 0.500. The Hall–Kier alpha value is -1.42. The third-order valence-electron chi connectivity index (χ3n) is 3.39. The number of halogens is 1. The maximum Gasteiger partial charge on any atom is 0.225 e. The van der Waals surface area contributed by atoms with Gasteiger partial charge in [0.05, 0.1) is 0 Å². The van der Waals surface area contributed by atoms with Crippen molar-refractivity contribution < 1.29 is 9.18 Å². The SMILES string of the molecule is CC(Cc1cccc(F)c1)C(=O)N1CC[C@@H](N)C1. The highest BCUT2D eigenvalue weighted by molar-refractivity contribution is 5.79. The van der Waals surface area contributed by atoms with E-state index in [1.54, 1.807) is 6.07 Å². The van der Waals surface area contributed by atoms with Crippen molar-refractivity contribution >= 4 is 5.91 Å². The molecule has 1 aliphatic rings. The molecule has 2 rings (SSSR count). The van der Waals surface area contributed by atoms with E-state index >= 15 is 0 Å². The molecular formula is C14H19FN2O. The summed E-state index contributed by atoms with van der Waals surface area (Å²) in [6.07, 6.45) is 1.45. The summed E-state index contributed by atoms with van der Waals surface area (Å²) in [6, 6.07) is 6.53. The van der Waals surface area contributed by atoms with Crippen molar-refractivity contribution in [2.45, 2.75) is 25.8 Å². The molecule has 98 valence electrons. The number of hydrogen-bond acceptors (Lipinski definition) is 2. The van der Waals surface area contributed by atoms with Gasteiger partial charge >= 0.3 is 0 Å². The van der Waals surface area contributed by atoms with Crippen molar-refractivity contribution in [3.8, 4) is 0 Å². The largest absolute Gasteiger partial charge is 0.341 e. The Morgan fingerprint density at radius 1 is 1.61 bits per heavy atom. The monoisotopic (exact) mass is 250 g/mol. The summed E-state index contributed by atoms with van der Waals surface area (Å²) in [7, 11) is 0. The Morgan fingerprint density at radius 2 is 2.39 bits per heavy atom. The standard InChI is InChI=1S/C14H19FN2O/c1-10(7-11-3-2-4-12(15)8-11)14(18)17-6-5-13(16)9-17/h2-4,8,10,13H,5-7,9,16H2,1H3/t10?,13-/m1/s1. The van der Waals surface area contributed by atoms with Crippen LogP contribution < -0.4 is 5.73 Å². The lowest BCUT2D eigenvalue weighted by Gasteiger charge is -2.20. The Morgan fingerprint density at radius 3 is 3.00 bits per heavy atom. The zero-order valence-electron chi connectivity index (χ0n) is 10.6. The van der Waals surface area contributed by atoms with Gasteiger partial charge in [0.15, 0.2) is 0 Å². The summed E-state index contributed by atoms with van der Waals surface area (Å²) >= 11 is 0. The second kappa shape index (κ2) is 5.48. The van der Waals surface area contributed by atoms with Gasteiger partial charge in [-0.05, 0) is 30.5 Å². The van der Waals surface area contributed by atoms with Gasteiger partial charge in [0.1, 0.15) is 5.82 Å². The van der Waals surface area contributed by atoms with Crippen LogP contribution in [0, 0.1) is 11.7 Å². The van der Waals surface area contributed by atoms with Crippen molar-refractivity contribution in [2.75, 3.05) is 13.1 Å². The summed E-state index contributed by atoms with van der Waals surface area (Å²) in [6.45, 7) is 3.27. The minimum atomic E-state index is -0.254. The van der Waals surface area contributed by atoms with E-state index in [4.69, 9.17) is 5.73 Å². The lowest BCUT2D eigenvalue weighted by atomic mass is 10.00. The van der Waals surface area contributed by atoms with E-state index in [1.165, 1.54) is 12.1 Å². The molecule has 1 saturated heterocycles. The average Bonchev–Trinajstić information content (AvgIpc) is 2.75. The van der Waals surface area contributed by atoms with Gasteiger partial charge in [-0.25, -0.2) is 4.39 Å². The van der Waals surface area contributed by atoms with Gasteiger partial charge < -0.3 is 10.6 Å². The van der Waals surface area contributed by atoms with Crippen LogP contribution in [0.5, 0.6) is 0 Å². The number of carbonyl (C=O) groups is 1. The van der Waals surface area contributed by atoms with Crippen LogP contribution >= 0.6 is 0 Å². The molecule has 3 nitrogen and oxygen atoms in total. The second-order valence-electron chi connectivity index (χ2n) is 5.07. The minimum absolute atomic E-state index is 0.107. The number of nitrogens with zero attached hydrogens (tertiary/aromatic N) is 1. The van der Waals surface area contributed by atoms with Crippen LogP contribution in [0.15, 0.2) is 24.3 Å². The third kappa shape index (κ3) is 3.07. The summed E-state index contributed by atoms with van der Waals surface area (Å²) < 4.78 is 13.1. The molecule has 0 saturated carbocycles. The molecule has 1 amide bonds. The highest BCUT2D eigenvalue weighted by atomic mass is 19.1. The summed E-state index contributed by atoms with van der Waals surface area (Å²) in [4.78, 5) is 14.0. The van der Waals surface area contributed by atoms with Gasteiger partial charge in [-0.2, -0.15) is 0 Å². The summed E-state index contributed by atoms with van der Waals surface area (Å²) in [5, 5.41) is 0. The molecule has 1 heterocycles. The first-order valence-corrected chi connectivity index (χ1v) is 6.35. The minimum Gasteiger partial charge on any atom is -0.341 e. The van der Waals surface area contributed by atoms with Crippen molar-refractivity contribution in [2.24, 2.45) is 11.7 Å². The predicted molar refractivity (Wildman–Crippen MR) is 68.4 cm³/mol. The molecule has 0 aromatic heterocycles. The zero-order chi connectivity index (χ0) is 13.1. The molecule has 1 unspecified atom stereocenters. The van der Waals surface area contributed by atoms with E-state index in [-0.39, 0.29) is 23.7 Å². The summed E-state index contributed by atoms with van der Waals surface area (Å²) in [5.74, 6) is -0.264. The van der Waals surface area contributed by atoms with Crippen LogP contribution in [-0.4, -0.2) is 29.9 Å². The molecular weight excluding hydrogens is 231 g/mol. The van der Waals surface area contributed by atoms with E-state index < -0.39 is 0 Å². The highest BCUT2D eigenvalue weighted by Crippen LogP contribution is 2.16. The molecule has 2 atom stereocenters. The van der Waals surface area contributed by atoms with Crippen LogP contribution in [0.25, 0.3) is 0 Å². The predicted octanol–water partition coefficient (Wildman–Crippen LogP) is 1.56. The fourth-order valence-corrected chi connectivity index (χ4v) is 2.40. The molecule has 18 heavy (non-hydrogen) atoms. The summed E-state index contributed by atoms with van der Waals surface area (Å²) in [5.41, 5.74) is 6.65. The molecule has 0 radical (unpaired) electrons. The van der Waals surface area contributed by atoms with Crippen molar-refractivity contribution in [1.29, 1.82) is 0 Å². The van der Waals surface area contributed by atoms with Crippen molar-refractivity contribution in [3.63, 3.8) is 0 Å². The first kappa shape index (κ1) is 13.0. The topological polar surface area (TPSA) is 46.3 Å². The van der Waals surface area contributed by atoms with E-state index in [0.29, 0.717) is 13.0 Å². The van der Waals surface area contributed by atoms with Crippen LogP contribution in [0.3, 0.4) is 0 Å². The maximum atomic E-state index is 13.1. The third-order valence-corrected chi connectivity index (χ3v) is 3.39. The molecule has 1 aromatic carbocycles. The fourth-order valence-electron chi connectivity index (χ4n) is 2.40. The smallest absolute Gasteiger partial charge is 0.225 e. The molecule has 0 bridgehead atoms. The van der Waals surface area contributed by atoms with Gasteiger partial charge in [-0.1, -0.05) is 19.1 Å².